The summed E-state index contributed by atoms with van der Waals surface area (Å²) in [6.45, 7) is 9.05. The Morgan fingerprint density at radius 2 is 1.86 bits per heavy atom. The summed E-state index contributed by atoms with van der Waals surface area (Å²) in [7, 11) is 0. The van der Waals surface area contributed by atoms with Crippen LogP contribution in [0.2, 0.25) is 5.02 Å². The van der Waals surface area contributed by atoms with Crippen LogP contribution >= 0.6 is 11.6 Å². The number of fused-ring (bicyclic) bond motifs is 1. The highest BCUT2D eigenvalue weighted by Crippen LogP contribution is 2.32. The lowest BCUT2D eigenvalue weighted by molar-refractivity contribution is 0.177. The first-order valence-corrected chi connectivity index (χ1v) is 12.6. The highest BCUT2D eigenvalue weighted by molar-refractivity contribution is 6.30. The molecule has 0 aliphatic rings. The monoisotopic (exact) mass is 516 g/mol. The summed E-state index contributed by atoms with van der Waals surface area (Å²) in [6, 6.07) is 17.0. The van der Waals surface area contributed by atoms with E-state index in [1.807, 2.05) is 76.2 Å². The van der Waals surface area contributed by atoms with Crippen molar-refractivity contribution in [3.8, 4) is 0 Å². The van der Waals surface area contributed by atoms with Crippen molar-refractivity contribution in [3.05, 3.63) is 110 Å². The van der Waals surface area contributed by atoms with Gasteiger partial charge in [0.15, 0.2) is 5.82 Å². The second-order valence-corrected chi connectivity index (χ2v) is 10.1. The second kappa shape index (κ2) is 10.3. The smallest absolute Gasteiger partial charge is 0.253 e. The van der Waals surface area contributed by atoms with E-state index in [-0.39, 0.29) is 11.6 Å². The first-order chi connectivity index (χ1) is 17.8. The molecule has 2 aromatic carbocycles. The molecule has 0 unspecified atom stereocenters. The Bertz CT molecular complexity index is 1570. The molecule has 0 saturated heterocycles. The SMILES string of the molecule is Cc1ccc2cc([C@@H](c3nnnn3C(C)C)N(Cc3ccc(Cl)cc3)Cc3ccco3)c(=O)[nH]c2c1C. The van der Waals surface area contributed by atoms with Crippen LogP contribution in [0.25, 0.3) is 10.9 Å². The van der Waals surface area contributed by atoms with Crippen molar-refractivity contribution in [2.24, 2.45) is 0 Å². The van der Waals surface area contributed by atoms with E-state index in [2.05, 4.69) is 31.5 Å². The van der Waals surface area contributed by atoms with E-state index in [1.165, 1.54) is 0 Å². The predicted molar refractivity (Wildman–Crippen MR) is 143 cm³/mol. The number of furan rings is 1. The topological polar surface area (TPSA) is 92.8 Å². The maximum absolute atomic E-state index is 13.7. The number of rotatable bonds is 8. The van der Waals surface area contributed by atoms with Crippen LogP contribution in [0.15, 0.2) is 70.1 Å². The van der Waals surface area contributed by atoms with Crippen molar-refractivity contribution < 1.29 is 4.42 Å². The fraction of sp³-hybridized carbons (Fsp3) is 0.286. The lowest BCUT2D eigenvalue weighted by Gasteiger charge is -2.31. The first kappa shape index (κ1) is 24.9. The van der Waals surface area contributed by atoms with Gasteiger partial charge in [0.25, 0.3) is 5.56 Å². The highest BCUT2D eigenvalue weighted by Gasteiger charge is 2.32. The van der Waals surface area contributed by atoms with Crippen LogP contribution in [0.3, 0.4) is 0 Å². The third kappa shape index (κ3) is 5.08. The number of tetrazole rings is 1. The number of benzene rings is 2. The molecule has 5 rings (SSSR count). The van der Waals surface area contributed by atoms with E-state index in [1.54, 1.807) is 10.9 Å². The van der Waals surface area contributed by atoms with Crippen LogP contribution in [0.4, 0.5) is 0 Å². The third-order valence-electron chi connectivity index (χ3n) is 6.73. The van der Waals surface area contributed by atoms with Gasteiger partial charge in [0.05, 0.1) is 24.4 Å². The van der Waals surface area contributed by atoms with Crippen LogP contribution in [-0.2, 0) is 13.1 Å². The maximum Gasteiger partial charge on any atom is 0.253 e. The molecule has 0 bridgehead atoms. The number of pyridine rings is 1. The Morgan fingerprint density at radius 1 is 1.08 bits per heavy atom. The van der Waals surface area contributed by atoms with Gasteiger partial charge < -0.3 is 9.40 Å². The van der Waals surface area contributed by atoms with Crippen LogP contribution in [0, 0.1) is 13.8 Å². The van der Waals surface area contributed by atoms with Crippen molar-refractivity contribution in [2.45, 2.75) is 52.9 Å². The van der Waals surface area contributed by atoms with Gasteiger partial charge in [0.1, 0.15) is 11.8 Å². The summed E-state index contributed by atoms with van der Waals surface area (Å²) in [5.41, 5.74) is 4.44. The average Bonchev–Trinajstić information content (AvgIpc) is 3.56. The van der Waals surface area contributed by atoms with Gasteiger partial charge in [-0.15, -0.1) is 5.10 Å². The van der Waals surface area contributed by atoms with E-state index < -0.39 is 6.04 Å². The maximum atomic E-state index is 13.7. The van der Waals surface area contributed by atoms with Crippen LogP contribution in [0.1, 0.15) is 59.8 Å². The second-order valence-electron chi connectivity index (χ2n) is 9.61. The Labute approximate surface area is 219 Å². The number of halogens is 1. The van der Waals surface area contributed by atoms with Crippen molar-refractivity contribution >= 4 is 22.5 Å². The van der Waals surface area contributed by atoms with Crippen LogP contribution in [-0.4, -0.2) is 30.1 Å². The lowest BCUT2D eigenvalue weighted by Crippen LogP contribution is -2.35. The molecule has 0 spiro atoms. The zero-order chi connectivity index (χ0) is 26.1. The molecule has 0 radical (unpaired) electrons. The van der Waals surface area contributed by atoms with Gasteiger partial charge in [-0.3, -0.25) is 9.69 Å². The molecule has 1 N–H and O–H groups in total. The van der Waals surface area contributed by atoms with Gasteiger partial charge in [-0.2, -0.15) is 0 Å². The van der Waals surface area contributed by atoms with Gasteiger partial charge in [0.2, 0.25) is 0 Å². The molecule has 3 aromatic heterocycles. The zero-order valence-electron chi connectivity index (χ0n) is 21.3. The highest BCUT2D eigenvalue weighted by atomic mass is 35.5. The van der Waals surface area contributed by atoms with E-state index in [9.17, 15) is 4.79 Å². The molecule has 0 amide bonds. The van der Waals surface area contributed by atoms with E-state index in [0.29, 0.717) is 29.5 Å². The van der Waals surface area contributed by atoms with Gasteiger partial charge in [-0.05, 0) is 90.5 Å². The van der Waals surface area contributed by atoms with Crippen molar-refractivity contribution in [1.82, 2.24) is 30.1 Å². The normalized spacial score (nSPS) is 12.6. The quantitative estimate of drug-likeness (QED) is 0.282. The van der Waals surface area contributed by atoms with Crippen molar-refractivity contribution in [3.63, 3.8) is 0 Å². The molecule has 1 atom stereocenters. The number of nitrogens with zero attached hydrogens (tertiary/aromatic N) is 5. The number of nitrogens with one attached hydrogen (secondary N) is 1. The molecule has 0 aliphatic carbocycles. The fourth-order valence-corrected chi connectivity index (χ4v) is 4.78. The molecule has 5 aromatic rings. The molecule has 0 fully saturated rings. The van der Waals surface area contributed by atoms with E-state index >= 15 is 0 Å². The lowest BCUT2D eigenvalue weighted by atomic mass is 9.99. The number of aromatic nitrogens is 5. The standard InChI is InChI=1S/C28H29ClN6O2/c1-17(2)35-27(31-32-33-35)26(24-14-21-10-7-18(3)19(4)25(21)30-28(24)36)34(16-23-6-5-13-37-23)15-20-8-11-22(29)12-9-20/h5-14,17,26H,15-16H2,1-4H3,(H,30,36)/t26-/m0/s1. The van der Waals surface area contributed by atoms with Crippen LogP contribution < -0.4 is 5.56 Å². The third-order valence-corrected chi connectivity index (χ3v) is 6.98. The summed E-state index contributed by atoms with van der Waals surface area (Å²) in [6.07, 6.45) is 1.65. The Morgan fingerprint density at radius 3 is 2.57 bits per heavy atom. The average molecular weight is 517 g/mol. The molecule has 37 heavy (non-hydrogen) atoms. The number of aromatic amines is 1. The minimum atomic E-state index is -0.548. The summed E-state index contributed by atoms with van der Waals surface area (Å²) in [5, 5.41) is 14.3. The molecule has 3 heterocycles. The Hall–Kier alpha value is -3.75. The Kier molecular flexibility index (Phi) is 6.95. The van der Waals surface area contributed by atoms with Gasteiger partial charge >= 0.3 is 0 Å². The fourth-order valence-electron chi connectivity index (χ4n) is 4.66. The largest absolute Gasteiger partial charge is 0.468 e. The Balaban J connectivity index is 1.71. The van der Waals surface area contributed by atoms with Crippen molar-refractivity contribution in [2.75, 3.05) is 0 Å². The van der Waals surface area contributed by atoms with Gasteiger partial charge in [0, 0.05) is 17.1 Å². The number of H-pyrrole nitrogens is 1. The summed E-state index contributed by atoms with van der Waals surface area (Å²) in [4.78, 5) is 19.0. The molecule has 0 saturated carbocycles. The molecular weight excluding hydrogens is 488 g/mol. The summed E-state index contributed by atoms with van der Waals surface area (Å²) >= 11 is 6.15. The zero-order valence-corrected chi connectivity index (χ0v) is 22.0. The van der Waals surface area contributed by atoms with Gasteiger partial charge in [-0.25, -0.2) is 4.68 Å². The molecular formula is C28H29ClN6O2. The number of hydrogen-bond acceptors (Lipinski definition) is 6. The van der Waals surface area contributed by atoms with E-state index in [4.69, 9.17) is 16.0 Å². The number of aryl methyl sites for hydroxylation is 2. The minimum Gasteiger partial charge on any atom is -0.468 e. The molecule has 9 heteroatoms. The minimum absolute atomic E-state index is 0.00192. The van der Waals surface area contributed by atoms with E-state index in [0.717, 1.165) is 33.4 Å². The summed E-state index contributed by atoms with van der Waals surface area (Å²) < 4.78 is 7.49. The number of hydrogen-bond donors (Lipinski definition) is 1. The predicted octanol–water partition coefficient (Wildman–Crippen LogP) is 5.75. The van der Waals surface area contributed by atoms with Crippen molar-refractivity contribution in [1.29, 1.82) is 0 Å². The molecule has 190 valence electrons. The van der Waals surface area contributed by atoms with Crippen LogP contribution in [0.5, 0.6) is 0 Å². The van der Waals surface area contributed by atoms with Gasteiger partial charge in [-0.1, -0.05) is 35.9 Å². The molecule has 8 nitrogen and oxygen atoms in total. The summed E-state index contributed by atoms with van der Waals surface area (Å²) in [5.74, 6) is 1.36. The first-order valence-electron chi connectivity index (χ1n) is 12.2. The molecule has 0 aliphatic heterocycles.